The number of rotatable bonds is 8. The smallest absolute Gasteiger partial charge is 0.224 e. The SMILES string of the molecule is CN=C(NCCC(=O)N(C)Cc1ccccc1)NCc1nc(C(C)C)cs1.I. The molecule has 0 unspecified atom stereocenters. The lowest BCUT2D eigenvalue weighted by Crippen LogP contribution is -2.39. The summed E-state index contributed by atoms with van der Waals surface area (Å²) < 4.78 is 0. The first kappa shape index (κ1) is 24.4. The normalized spacial score (nSPS) is 11.1. The van der Waals surface area contributed by atoms with E-state index < -0.39 is 0 Å². The first-order valence-electron chi connectivity index (χ1n) is 9.16. The fourth-order valence-corrected chi connectivity index (χ4v) is 3.37. The van der Waals surface area contributed by atoms with Gasteiger partial charge in [0.2, 0.25) is 5.91 Å². The van der Waals surface area contributed by atoms with Crippen molar-refractivity contribution >= 4 is 47.2 Å². The van der Waals surface area contributed by atoms with Crippen molar-refractivity contribution in [1.29, 1.82) is 0 Å². The lowest BCUT2D eigenvalue weighted by Gasteiger charge is -2.18. The van der Waals surface area contributed by atoms with Crippen LogP contribution in [-0.4, -0.2) is 42.4 Å². The number of nitrogens with zero attached hydrogens (tertiary/aromatic N) is 3. The van der Waals surface area contributed by atoms with E-state index in [2.05, 4.69) is 39.8 Å². The molecule has 0 fully saturated rings. The highest BCUT2D eigenvalue weighted by molar-refractivity contribution is 14.0. The topological polar surface area (TPSA) is 69.6 Å². The molecular weight excluding hydrogens is 485 g/mol. The van der Waals surface area contributed by atoms with Crippen LogP contribution in [0.3, 0.4) is 0 Å². The van der Waals surface area contributed by atoms with E-state index in [4.69, 9.17) is 0 Å². The highest BCUT2D eigenvalue weighted by Crippen LogP contribution is 2.17. The van der Waals surface area contributed by atoms with E-state index in [1.165, 1.54) is 0 Å². The van der Waals surface area contributed by atoms with E-state index in [1.807, 2.05) is 37.4 Å². The van der Waals surface area contributed by atoms with Gasteiger partial charge in [-0.05, 0) is 11.5 Å². The Bertz CT molecular complexity index is 748. The number of aliphatic imine (C=N–C) groups is 1. The molecule has 2 rings (SSSR count). The van der Waals surface area contributed by atoms with Crippen LogP contribution in [-0.2, 0) is 17.9 Å². The average molecular weight is 515 g/mol. The van der Waals surface area contributed by atoms with Gasteiger partial charge in [0, 0.05) is 39.0 Å². The number of benzene rings is 1. The second kappa shape index (κ2) is 12.7. The number of nitrogens with one attached hydrogen (secondary N) is 2. The summed E-state index contributed by atoms with van der Waals surface area (Å²) in [5.74, 6) is 1.21. The van der Waals surface area contributed by atoms with Crippen molar-refractivity contribution in [3.8, 4) is 0 Å². The van der Waals surface area contributed by atoms with E-state index in [1.54, 1.807) is 23.3 Å². The monoisotopic (exact) mass is 515 g/mol. The zero-order valence-electron chi connectivity index (χ0n) is 16.9. The lowest BCUT2D eigenvalue weighted by atomic mass is 10.2. The van der Waals surface area contributed by atoms with Crippen molar-refractivity contribution < 1.29 is 4.79 Å². The Morgan fingerprint density at radius 3 is 2.57 bits per heavy atom. The third-order valence-electron chi connectivity index (χ3n) is 4.11. The summed E-state index contributed by atoms with van der Waals surface area (Å²) in [6, 6.07) is 9.99. The molecule has 2 aromatic rings. The van der Waals surface area contributed by atoms with Gasteiger partial charge < -0.3 is 15.5 Å². The number of aromatic nitrogens is 1. The summed E-state index contributed by atoms with van der Waals surface area (Å²) >= 11 is 1.65. The number of hydrogen-bond donors (Lipinski definition) is 2. The van der Waals surface area contributed by atoms with Crippen molar-refractivity contribution in [1.82, 2.24) is 20.5 Å². The second-order valence-electron chi connectivity index (χ2n) is 6.66. The van der Waals surface area contributed by atoms with Crippen molar-refractivity contribution in [2.24, 2.45) is 4.99 Å². The third-order valence-corrected chi connectivity index (χ3v) is 4.98. The number of carbonyl (C=O) groups is 1. The number of amides is 1. The first-order chi connectivity index (χ1) is 13.0. The summed E-state index contributed by atoms with van der Waals surface area (Å²) in [4.78, 5) is 22.8. The van der Waals surface area contributed by atoms with Crippen LogP contribution in [0.1, 0.15) is 42.5 Å². The Morgan fingerprint density at radius 1 is 1.25 bits per heavy atom. The van der Waals surface area contributed by atoms with Gasteiger partial charge in [0.25, 0.3) is 0 Å². The Kier molecular flexibility index (Phi) is 11.1. The molecule has 0 aliphatic heterocycles. The van der Waals surface area contributed by atoms with Crippen LogP contribution in [0.4, 0.5) is 0 Å². The minimum Gasteiger partial charge on any atom is -0.356 e. The van der Waals surface area contributed by atoms with E-state index in [0.717, 1.165) is 16.3 Å². The van der Waals surface area contributed by atoms with Gasteiger partial charge in [0.1, 0.15) is 5.01 Å². The van der Waals surface area contributed by atoms with Crippen molar-refractivity contribution in [2.45, 2.75) is 39.3 Å². The number of guanidine groups is 1. The maximum absolute atomic E-state index is 12.3. The second-order valence-corrected chi connectivity index (χ2v) is 7.60. The molecule has 0 radical (unpaired) electrons. The summed E-state index contributed by atoms with van der Waals surface area (Å²) in [6.07, 6.45) is 0.415. The molecule has 1 amide bonds. The molecule has 28 heavy (non-hydrogen) atoms. The minimum atomic E-state index is 0. The predicted octanol–water partition coefficient (Wildman–Crippen LogP) is 3.60. The summed E-state index contributed by atoms with van der Waals surface area (Å²) in [5, 5.41) is 9.55. The Balaban J connectivity index is 0.00000392. The molecule has 0 atom stereocenters. The van der Waals surface area contributed by atoms with Crippen molar-refractivity contribution in [3.05, 3.63) is 52.0 Å². The average Bonchev–Trinajstić information content (AvgIpc) is 3.14. The van der Waals surface area contributed by atoms with Crippen LogP contribution in [0.5, 0.6) is 0 Å². The van der Waals surface area contributed by atoms with E-state index in [0.29, 0.717) is 37.9 Å². The molecule has 0 bridgehead atoms. The van der Waals surface area contributed by atoms with E-state index in [-0.39, 0.29) is 29.9 Å². The molecule has 0 aliphatic rings. The number of carbonyl (C=O) groups excluding carboxylic acids is 1. The number of thiazole rings is 1. The maximum Gasteiger partial charge on any atom is 0.224 e. The predicted molar refractivity (Wildman–Crippen MR) is 127 cm³/mol. The molecule has 154 valence electrons. The van der Waals surface area contributed by atoms with Crippen molar-refractivity contribution in [3.63, 3.8) is 0 Å². The van der Waals surface area contributed by atoms with Gasteiger partial charge in [-0.25, -0.2) is 4.98 Å². The van der Waals surface area contributed by atoms with E-state index >= 15 is 0 Å². The van der Waals surface area contributed by atoms with Gasteiger partial charge in [-0.2, -0.15) is 0 Å². The largest absolute Gasteiger partial charge is 0.356 e. The highest BCUT2D eigenvalue weighted by Gasteiger charge is 2.10. The van der Waals surface area contributed by atoms with Gasteiger partial charge in [0.15, 0.2) is 5.96 Å². The molecule has 0 saturated carbocycles. The van der Waals surface area contributed by atoms with Crippen LogP contribution in [0.15, 0.2) is 40.7 Å². The molecule has 1 heterocycles. The molecular formula is C20H30IN5OS. The molecule has 1 aromatic carbocycles. The summed E-state index contributed by atoms with van der Waals surface area (Å²) in [5.41, 5.74) is 2.25. The lowest BCUT2D eigenvalue weighted by molar-refractivity contribution is -0.130. The standard InChI is InChI=1S/C20H29N5OS.HI/c1-15(2)17-14-27-18(24-17)12-23-20(21-3)22-11-10-19(26)25(4)13-16-8-6-5-7-9-16;/h5-9,14-15H,10-13H2,1-4H3,(H2,21,22,23);1H. The van der Waals surface area contributed by atoms with Gasteiger partial charge in [-0.15, -0.1) is 35.3 Å². The van der Waals surface area contributed by atoms with E-state index in [9.17, 15) is 4.79 Å². The fourth-order valence-electron chi connectivity index (χ4n) is 2.48. The molecule has 0 spiro atoms. The van der Waals surface area contributed by atoms with Gasteiger partial charge in [-0.3, -0.25) is 9.79 Å². The Morgan fingerprint density at radius 2 is 1.96 bits per heavy atom. The van der Waals surface area contributed by atoms with Gasteiger partial charge in [0.05, 0.1) is 12.2 Å². The number of halogens is 1. The molecule has 8 heteroatoms. The third kappa shape index (κ3) is 8.14. The van der Waals surface area contributed by atoms with Crippen LogP contribution in [0.2, 0.25) is 0 Å². The first-order valence-corrected chi connectivity index (χ1v) is 10.0. The zero-order valence-corrected chi connectivity index (χ0v) is 20.1. The summed E-state index contributed by atoms with van der Waals surface area (Å²) in [7, 11) is 3.55. The zero-order chi connectivity index (χ0) is 19.6. The molecule has 2 N–H and O–H groups in total. The van der Waals surface area contributed by atoms with Crippen LogP contribution < -0.4 is 10.6 Å². The maximum atomic E-state index is 12.3. The van der Waals surface area contributed by atoms with Crippen LogP contribution in [0, 0.1) is 0 Å². The van der Waals surface area contributed by atoms with Gasteiger partial charge in [-0.1, -0.05) is 44.2 Å². The Labute approximate surface area is 188 Å². The quantitative estimate of drug-likeness (QED) is 0.320. The minimum absolute atomic E-state index is 0. The fraction of sp³-hybridized carbons (Fsp3) is 0.450. The van der Waals surface area contributed by atoms with Gasteiger partial charge >= 0.3 is 0 Å². The summed E-state index contributed by atoms with van der Waals surface area (Å²) in [6.45, 7) is 6.05. The number of hydrogen-bond acceptors (Lipinski definition) is 4. The van der Waals surface area contributed by atoms with Crippen LogP contribution >= 0.6 is 35.3 Å². The highest BCUT2D eigenvalue weighted by atomic mass is 127. The van der Waals surface area contributed by atoms with Crippen LogP contribution in [0.25, 0.3) is 0 Å². The molecule has 0 saturated heterocycles. The Hall–Kier alpha value is -1.68. The molecule has 6 nitrogen and oxygen atoms in total. The van der Waals surface area contributed by atoms with Crippen molar-refractivity contribution in [2.75, 3.05) is 20.6 Å². The molecule has 0 aliphatic carbocycles. The molecule has 1 aromatic heterocycles.